The highest BCUT2D eigenvalue weighted by atomic mass is 35.5. The summed E-state index contributed by atoms with van der Waals surface area (Å²) in [4.78, 5) is 17.2. The summed E-state index contributed by atoms with van der Waals surface area (Å²) in [5, 5.41) is 1.10. The number of benzene rings is 2. The van der Waals surface area contributed by atoms with E-state index >= 15 is 0 Å². The zero-order valence-corrected chi connectivity index (χ0v) is 12.4. The molecule has 2 aromatic carbocycles. The van der Waals surface area contributed by atoms with E-state index in [0.29, 0.717) is 27.5 Å². The molecule has 0 aliphatic heterocycles. The van der Waals surface area contributed by atoms with Crippen LogP contribution in [0.25, 0.3) is 16.6 Å². The highest BCUT2D eigenvalue weighted by molar-refractivity contribution is 6.31. The van der Waals surface area contributed by atoms with Crippen molar-refractivity contribution in [3.63, 3.8) is 0 Å². The molecule has 0 saturated carbocycles. The van der Waals surface area contributed by atoms with Crippen molar-refractivity contribution in [3.8, 4) is 11.4 Å². The smallest absolute Gasteiger partial charge is 0.265 e. The summed E-state index contributed by atoms with van der Waals surface area (Å²) in [5.74, 6) is 1.29. The van der Waals surface area contributed by atoms with Crippen LogP contribution in [-0.4, -0.2) is 16.7 Å². The first-order valence-electron chi connectivity index (χ1n) is 6.43. The SMILES string of the molecule is COc1cccc(-n2c(C)nc3cc(Cl)ccc3c2=O)c1. The van der Waals surface area contributed by atoms with Gasteiger partial charge in [0.1, 0.15) is 11.6 Å². The van der Waals surface area contributed by atoms with Gasteiger partial charge in [0.05, 0.1) is 23.7 Å². The molecule has 0 atom stereocenters. The Labute approximate surface area is 126 Å². The Hall–Kier alpha value is -2.33. The lowest BCUT2D eigenvalue weighted by Gasteiger charge is -2.12. The Morgan fingerprint density at radius 1 is 1.19 bits per heavy atom. The molecule has 0 amide bonds. The minimum atomic E-state index is -0.123. The summed E-state index contributed by atoms with van der Waals surface area (Å²) in [7, 11) is 1.59. The van der Waals surface area contributed by atoms with Crippen LogP contribution >= 0.6 is 11.6 Å². The Morgan fingerprint density at radius 3 is 2.76 bits per heavy atom. The molecule has 0 fully saturated rings. The van der Waals surface area contributed by atoms with Gasteiger partial charge < -0.3 is 4.74 Å². The predicted octanol–water partition coefficient (Wildman–Crippen LogP) is 3.36. The maximum Gasteiger partial charge on any atom is 0.265 e. The molecule has 0 unspecified atom stereocenters. The van der Waals surface area contributed by atoms with Gasteiger partial charge in [-0.2, -0.15) is 0 Å². The molecule has 0 aliphatic carbocycles. The van der Waals surface area contributed by atoms with Crippen molar-refractivity contribution >= 4 is 22.5 Å². The van der Waals surface area contributed by atoms with Gasteiger partial charge in [-0.05, 0) is 37.3 Å². The first kappa shape index (κ1) is 13.6. The van der Waals surface area contributed by atoms with E-state index in [-0.39, 0.29) is 5.56 Å². The second-order valence-electron chi connectivity index (χ2n) is 4.66. The number of halogens is 1. The third-order valence-corrected chi connectivity index (χ3v) is 3.55. The van der Waals surface area contributed by atoms with Crippen LogP contribution in [0.4, 0.5) is 0 Å². The molecule has 1 aromatic heterocycles. The minimum absolute atomic E-state index is 0.123. The second kappa shape index (κ2) is 5.22. The Kier molecular flexibility index (Phi) is 3.39. The number of ether oxygens (including phenoxy) is 1. The molecule has 0 bridgehead atoms. The van der Waals surface area contributed by atoms with Gasteiger partial charge in [0, 0.05) is 11.1 Å². The first-order chi connectivity index (χ1) is 10.1. The summed E-state index contributed by atoms with van der Waals surface area (Å²) >= 11 is 5.95. The molecule has 0 radical (unpaired) electrons. The van der Waals surface area contributed by atoms with Crippen LogP contribution in [0.1, 0.15) is 5.82 Å². The lowest BCUT2D eigenvalue weighted by atomic mass is 10.2. The molecular weight excluding hydrogens is 288 g/mol. The third kappa shape index (κ3) is 2.38. The Morgan fingerprint density at radius 2 is 2.00 bits per heavy atom. The maximum atomic E-state index is 12.7. The van der Waals surface area contributed by atoms with Crippen LogP contribution in [0.3, 0.4) is 0 Å². The van der Waals surface area contributed by atoms with Crippen molar-refractivity contribution in [1.29, 1.82) is 0 Å². The van der Waals surface area contributed by atoms with E-state index in [9.17, 15) is 4.79 Å². The largest absolute Gasteiger partial charge is 0.497 e. The van der Waals surface area contributed by atoms with Gasteiger partial charge in [0.15, 0.2) is 0 Å². The molecule has 3 rings (SSSR count). The lowest BCUT2D eigenvalue weighted by Crippen LogP contribution is -2.22. The van der Waals surface area contributed by atoms with Crippen molar-refractivity contribution in [2.45, 2.75) is 6.92 Å². The number of fused-ring (bicyclic) bond motifs is 1. The van der Waals surface area contributed by atoms with Crippen LogP contribution in [0.15, 0.2) is 47.3 Å². The summed E-state index contributed by atoms with van der Waals surface area (Å²) in [6.45, 7) is 1.79. The van der Waals surface area contributed by atoms with Crippen LogP contribution in [-0.2, 0) is 0 Å². The average molecular weight is 301 g/mol. The van der Waals surface area contributed by atoms with Gasteiger partial charge in [0.2, 0.25) is 0 Å². The zero-order chi connectivity index (χ0) is 15.0. The van der Waals surface area contributed by atoms with Crippen LogP contribution in [0.5, 0.6) is 5.75 Å². The van der Waals surface area contributed by atoms with E-state index in [4.69, 9.17) is 16.3 Å². The number of methoxy groups -OCH3 is 1. The number of aryl methyl sites for hydroxylation is 1. The topological polar surface area (TPSA) is 44.1 Å². The van der Waals surface area contributed by atoms with E-state index in [1.165, 1.54) is 0 Å². The van der Waals surface area contributed by atoms with E-state index in [1.807, 2.05) is 18.2 Å². The average Bonchev–Trinajstić information content (AvgIpc) is 2.47. The zero-order valence-electron chi connectivity index (χ0n) is 11.6. The molecule has 106 valence electrons. The van der Waals surface area contributed by atoms with Crippen molar-refractivity contribution in [2.75, 3.05) is 7.11 Å². The summed E-state index contributed by atoms with van der Waals surface area (Å²) in [6, 6.07) is 12.4. The summed E-state index contributed by atoms with van der Waals surface area (Å²) in [5.41, 5.74) is 1.20. The molecule has 21 heavy (non-hydrogen) atoms. The van der Waals surface area contributed by atoms with Gasteiger partial charge in [0.25, 0.3) is 5.56 Å². The first-order valence-corrected chi connectivity index (χ1v) is 6.81. The summed E-state index contributed by atoms with van der Waals surface area (Å²) < 4.78 is 6.77. The Balaban J connectivity index is 2.32. The van der Waals surface area contributed by atoms with Crippen LogP contribution in [0.2, 0.25) is 5.02 Å². The number of hydrogen-bond donors (Lipinski definition) is 0. The second-order valence-corrected chi connectivity index (χ2v) is 5.10. The molecule has 0 aliphatic rings. The quantitative estimate of drug-likeness (QED) is 0.729. The van der Waals surface area contributed by atoms with Gasteiger partial charge in [-0.1, -0.05) is 17.7 Å². The van der Waals surface area contributed by atoms with Crippen molar-refractivity contribution in [3.05, 3.63) is 63.7 Å². The molecular formula is C16H13ClN2O2. The van der Waals surface area contributed by atoms with Crippen molar-refractivity contribution < 1.29 is 4.74 Å². The Bertz CT molecular complexity index is 887. The molecule has 4 nitrogen and oxygen atoms in total. The number of nitrogens with zero attached hydrogens (tertiary/aromatic N) is 2. The molecule has 0 spiro atoms. The van der Waals surface area contributed by atoms with Crippen molar-refractivity contribution in [2.24, 2.45) is 0 Å². The molecule has 0 saturated heterocycles. The molecule has 0 N–H and O–H groups in total. The van der Waals surface area contributed by atoms with Gasteiger partial charge in [-0.3, -0.25) is 9.36 Å². The standard InChI is InChI=1S/C16H13ClN2O2/c1-10-18-15-8-11(17)6-7-14(15)16(20)19(10)12-4-3-5-13(9-12)21-2/h3-9H,1-2H3. The van der Waals surface area contributed by atoms with E-state index in [1.54, 1.807) is 42.9 Å². The maximum absolute atomic E-state index is 12.7. The molecule has 1 heterocycles. The lowest BCUT2D eigenvalue weighted by molar-refractivity contribution is 0.414. The fourth-order valence-corrected chi connectivity index (χ4v) is 2.49. The normalized spacial score (nSPS) is 10.8. The molecule has 5 heteroatoms. The van der Waals surface area contributed by atoms with Crippen LogP contribution in [0, 0.1) is 6.92 Å². The highest BCUT2D eigenvalue weighted by Crippen LogP contribution is 2.19. The fraction of sp³-hybridized carbons (Fsp3) is 0.125. The predicted molar refractivity (Wildman–Crippen MR) is 83.6 cm³/mol. The van der Waals surface area contributed by atoms with Crippen LogP contribution < -0.4 is 10.3 Å². The van der Waals surface area contributed by atoms with E-state index < -0.39 is 0 Å². The fourth-order valence-electron chi connectivity index (χ4n) is 2.32. The monoisotopic (exact) mass is 300 g/mol. The third-order valence-electron chi connectivity index (χ3n) is 3.31. The van der Waals surface area contributed by atoms with Gasteiger partial charge in [-0.25, -0.2) is 4.98 Å². The van der Waals surface area contributed by atoms with Crippen molar-refractivity contribution in [1.82, 2.24) is 9.55 Å². The minimum Gasteiger partial charge on any atom is -0.497 e. The van der Waals surface area contributed by atoms with Gasteiger partial charge in [-0.15, -0.1) is 0 Å². The molecule has 3 aromatic rings. The van der Waals surface area contributed by atoms with Gasteiger partial charge >= 0.3 is 0 Å². The van der Waals surface area contributed by atoms with E-state index in [0.717, 1.165) is 5.69 Å². The number of aromatic nitrogens is 2. The highest BCUT2D eigenvalue weighted by Gasteiger charge is 2.10. The summed E-state index contributed by atoms with van der Waals surface area (Å²) in [6.07, 6.45) is 0. The number of rotatable bonds is 2. The number of hydrogen-bond acceptors (Lipinski definition) is 3. The van der Waals surface area contributed by atoms with E-state index in [2.05, 4.69) is 4.98 Å².